The van der Waals surface area contributed by atoms with Crippen LogP contribution in [0.4, 0.5) is 15.8 Å². The Hall–Kier alpha value is -2.90. The average molecular weight is 459 g/mol. The van der Waals surface area contributed by atoms with E-state index in [0.29, 0.717) is 6.42 Å². The Balaban J connectivity index is 1.75. The molecule has 4 rings (SSSR count). The van der Waals surface area contributed by atoms with Crippen molar-refractivity contribution < 1.29 is 17.6 Å². The highest BCUT2D eigenvalue weighted by molar-refractivity contribution is 7.92. The summed E-state index contributed by atoms with van der Waals surface area (Å²) in [6, 6.07) is 18.9. The number of benzene rings is 3. The molecule has 3 aromatic carbocycles. The maximum Gasteiger partial charge on any atom is 0.264 e. The van der Waals surface area contributed by atoms with Gasteiger partial charge in [0.1, 0.15) is 12.4 Å². The lowest BCUT2D eigenvalue weighted by Crippen LogP contribution is -2.45. The molecule has 0 saturated heterocycles. The van der Waals surface area contributed by atoms with Crippen LogP contribution in [-0.2, 0) is 21.2 Å². The van der Waals surface area contributed by atoms with Crippen LogP contribution < -0.4 is 9.21 Å². The lowest BCUT2D eigenvalue weighted by molar-refractivity contribution is -0.117. The molecular formula is C23H20ClFN2O3S. The molecule has 0 bridgehead atoms. The van der Waals surface area contributed by atoms with Crippen molar-refractivity contribution in [1.82, 2.24) is 0 Å². The van der Waals surface area contributed by atoms with Crippen molar-refractivity contribution in [3.63, 3.8) is 0 Å². The smallest absolute Gasteiger partial charge is 0.264 e. The number of fused-ring (bicyclic) bond motifs is 1. The lowest BCUT2D eigenvalue weighted by atomic mass is 10.1. The van der Waals surface area contributed by atoms with Gasteiger partial charge in [0.15, 0.2) is 0 Å². The van der Waals surface area contributed by atoms with Crippen molar-refractivity contribution in [2.24, 2.45) is 0 Å². The molecule has 3 aromatic rings. The van der Waals surface area contributed by atoms with E-state index in [0.717, 1.165) is 21.6 Å². The van der Waals surface area contributed by atoms with Crippen molar-refractivity contribution in [2.45, 2.75) is 24.3 Å². The minimum Gasteiger partial charge on any atom is -0.307 e. The Labute approximate surface area is 185 Å². The van der Waals surface area contributed by atoms with Crippen LogP contribution in [0.5, 0.6) is 0 Å². The minimum atomic E-state index is -4.10. The zero-order valence-electron chi connectivity index (χ0n) is 16.7. The summed E-state index contributed by atoms with van der Waals surface area (Å²) in [6.45, 7) is 1.47. The van der Waals surface area contributed by atoms with Crippen molar-refractivity contribution in [1.29, 1.82) is 0 Å². The fraction of sp³-hybridized carbons (Fsp3) is 0.174. The standard InChI is InChI=1S/C23H20ClFN2O3S/c1-16-13-17-7-5-6-10-22(17)27(16)23(28)15-26(18-11-12-21(25)20(24)14-18)31(29,30)19-8-3-2-4-9-19/h2-12,14,16H,13,15H2,1H3/t16-/m0/s1. The molecule has 0 fully saturated rings. The van der Waals surface area contributed by atoms with Crippen LogP contribution in [-0.4, -0.2) is 26.9 Å². The first-order valence-electron chi connectivity index (χ1n) is 9.72. The predicted octanol–water partition coefficient (Wildman–Crippen LogP) is 4.65. The van der Waals surface area contributed by atoms with Gasteiger partial charge in [-0.05, 0) is 55.3 Å². The van der Waals surface area contributed by atoms with Gasteiger partial charge in [-0.15, -0.1) is 0 Å². The van der Waals surface area contributed by atoms with Crippen LogP contribution in [0.25, 0.3) is 0 Å². The number of anilines is 2. The second-order valence-electron chi connectivity index (χ2n) is 7.37. The van der Waals surface area contributed by atoms with E-state index in [1.165, 1.54) is 24.3 Å². The highest BCUT2D eigenvalue weighted by Crippen LogP contribution is 2.33. The van der Waals surface area contributed by atoms with Crippen molar-refractivity contribution in [2.75, 3.05) is 15.7 Å². The molecular weight excluding hydrogens is 439 g/mol. The summed E-state index contributed by atoms with van der Waals surface area (Å²) in [4.78, 5) is 15.0. The third kappa shape index (κ3) is 4.03. The van der Waals surface area contributed by atoms with Crippen molar-refractivity contribution in [3.05, 3.63) is 89.2 Å². The van der Waals surface area contributed by atoms with Crippen LogP contribution in [0.3, 0.4) is 0 Å². The maximum absolute atomic E-state index is 13.7. The zero-order valence-corrected chi connectivity index (χ0v) is 18.3. The van der Waals surface area contributed by atoms with E-state index >= 15 is 0 Å². The summed E-state index contributed by atoms with van der Waals surface area (Å²) in [5, 5.41) is -0.224. The fourth-order valence-electron chi connectivity index (χ4n) is 3.82. The van der Waals surface area contributed by atoms with E-state index < -0.39 is 22.4 Å². The molecule has 0 unspecified atom stereocenters. The zero-order chi connectivity index (χ0) is 22.2. The quantitative estimate of drug-likeness (QED) is 0.559. The summed E-state index contributed by atoms with van der Waals surface area (Å²) < 4.78 is 41.6. The van der Waals surface area contributed by atoms with E-state index in [-0.39, 0.29) is 27.6 Å². The Morgan fingerprint density at radius 2 is 1.77 bits per heavy atom. The van der Waals surface area contributed by atoms with Gasteiger partial charge in [-0.2, -0.15) is 0 Å². The SMILES string of the molecule is C[C@H]1Cc2ccccc2N1C(=O)CN(c1ccc(F)c(Cl)c1)S(=O)(=O)c1ccccc1. The van der Waals surface area contributed by atoms with Crippen LogP contribution in [0.1, 0.15) is 12.5 Å². The monoisotopic (exact) mass is 458 g/mol. The van der Waals surface area contributed by atoms with Gasteiger partial charge in [0.05, 0.1) is 15.6 Å². The summed E-state index contributed by atoms with van der Waals surface area (Å²) in [7, 11) is -4.10. The highest BCUT2D eigenvalue weighted by Gasteiger charge is 2.34. The van der Waals surface area contributed by atoms with Gasteiger partial charge in [-0.1, -0.05) is 48.0 Å². The largest absolute Gasteiger partial charge is 0.307 e. The van der Waals surface area contributed by atoms with Crippen LogP contribution in [0, 0.1) is 5.82 Å². The summed E-state index contributed by atoms with van der Waals surface area (Å²) in [5.41, 5.74) is 1.92. The number of sulfonamides is 1. The molecule has 1 aliphatic rings. The Morgan fingerprint density at radius 1 is 1.10 bits per heavy atom. The van der Waals surface area contributed by atoms with Crippen LogP contribution >= 0.6 is 11.6 Å². The molecule has 0 spiro atoms. The summed E-state index contributed by atoms with van der Waals surface area (Å²) in [6.07, 6.45) is 0.690. The molecule has 5 nitrogen and oxygen atoms in total. The maximum atomic E-state index is 13.7. The number of para-hydroxylation sites is 1. The average Bonchev–Trinajstić information content (AvgIpc) is 3.10. The molecule has 1 heterocycles. The molecule has 0 aromatic heterocycles. The second kappa shape index (κ2) is 8.32. The first-order chi connectivity index (χ1) is 14.8. The molecule has 1 aliphatic heterocycles. The molecule has 0 saturated carbocycles. The first kappa shape index (κ1) is 21.3. The third-order valence-electron chi connectivity index (χ3n) is 5.28. The van der Waals surface area contributed by atoms with Gasteiger partial charge in [-0.25, -0.2) is 12.8 Å². The topological polar surface area (TPSA) is 57.7 Å². The molecule has 31 heavy (non-hydrogen) atoms. The number of amides is 1. The second-order valence-corrected chi connectivity index (χ2v) is 9.64. The van der Waals surface area contributed by atoms with E-state index in [1.807, 2.05) is 31.2 Å². The number of hydrogen-bond acceptors (Lipinski definition) is 3. The molecule has 1 atom stereocenters. The molecule has 8 heteroatoms. The third-order valence-corrected chi connectivity index (χ3v) is 7.35. The van der Waals surface area contributed by atoms with E-state index in [4.69, 9.17) is 11.6 Å². The van der Waals surface area contributed by atoms with Gasteiger partial charge < -0.3 is 4.90 Å². The van der Waals surface area contributed by atoms with Gasteiger partial charge >= 0.3 is 0 Å². The van der Waals surface area contributed by atoms with Crippen molar-refractivity contribution in [3.8, 4) is 0 Å². The summed E-state index contributed by atoms with van der Waals surface area (Å²) in [5.74, 6) is -1.05. The normalized spacial score (nSPS) is 15.6. The number of carbonyl (C=O) groups excluding carboxylic acids is 1. The van der Waals surface area contributed by atoms with Gasteiger partial charge in [-0.3, -0.25) is 9.10 Å². The van der Waals surface area contributed by atoms with Gasteiger partial charge in [0.25, 0.3) is 10.0 Å². The van der Waals surface area contributed by atoms with E-state index in [1.54, 1.807) is 23.1 Å². The fourth-order valence-corrected chi connectivity index (χ4v) is 5.42. The number of rotatable bonds is 5. The lowest BCUT2D eigenvalue weighted by Gasteiger charge is -2.29. The molecule has 0 N–H and O–H groups in total. The Bertz CT molecular complexity index is 1230. The highest BCUT2D eigenvalue weighted by atomic mass is 35.5. The number of nitrogens with zero attached hydrogens (tertiary/aromatic N) is 2. The Morgan fingerprint density at radius 3 is 2.48 bits per heavy atom. The van der Waals surface area contributed by atoms with E-state index in [9.17, 15) is 17.6 Å². The minimum absolute atomic E-state index is 0.0260. The predicted molar refractivity (Wildman–Crippen MR) is 119 cm³/mol. The van der Waals surface area contributed by atoms with Crippen LogP contribution in [0.2, 0.25) is 5.02 Å². The number of halogens is 2. The van der Waals surface area contributed by atoms with Crippen molar-refractivity contribution >= 4 is 38.9 Å². The van der Waals surface area contributed by atoms with Crippen LogP contribution in [0.15, 0.2) is 77.7 Å². The number of hydrogen-bond donors (Lipinski definition) is 0. The first-order valence-corrected chi connectivity index (χ1v) is 11.5. The molecule has 1 amide bonds. The molecule has 160 valence electrons. The van der Waals surface area contributed by atoms with Gasteiger partial charge in [0, 0.05) is 11.7 Å². The molecule has 0 radical (unpaired) electrons. The molecule has 0 aliphatic carbocycles. The Kier molecular flexibility index (Phi) is 5.73. The number of carbonyl (C=O) groups is 1. The summed E-state index contributed by atoms with van der Waals surface area (Å²) >= 11 is 5.92. The van der Waals surface area contributed by atoms with E-state index in [2.05, 4.69) is 0 Å². The van der Waals surface area contributed by atoms with Gasteiger partial charge in [0.2, 0.25) is 5.91 Å².